The van der Waals surface area contributed by atoms with Gasteiger partial charge in [0.25, 0.3) is 5.56 Å². The van der Waals surface area contributed by atoms with Gasteiger partial charge in [-0.25, -0.2) is 4.79 Å². The lowest BCUT2D eigenvalue weighted by Gasteiger charge is -2.03. The van der Waals surface area contributed by atoms with Gasteiger partial charge in [-0.2, -0.15) is 4.39 Å². The number of rotatable bonds is 4. The first kappa shape index (κ1) is 10.6. The lowest BCUT2D eigenvalue weighted by atomic mass is 10.4. The van der Waals surface area contributed by atoms with Crippen molar-refractivity contribution >= 4 is 0 Å². The largest absolute Gasteiger partial charge is 0.328 e. The molecule has 78 valence electrons. The third-order valence-corrected chi connectivity index (χ3v) is 1.79. The van der Waals surface area contributed by atoms with Crippen molar-refractivity contribution in [1.29, 1.82) is 0 Å². The van der Waals surface area contributed by atoms with Crippen LogP contribution in [0.1, 0.15) is 6.42 Å². The Morgan fingerprint density at radius 1 is 1.57 bits per heavy atom. The molecule has 0 fully saturated rings. The Hall–Kier alpha value is -1.43. The van der Waals surface area contributed by atoms with Crippen LogP contribution in [0.3, 0.4) is 0 Å². The zero-order chi connectivity index (χ0) is 10.6. The van der Waals surface area contributed by atoms with Crippen molar-refractivity contribution < 1.29 is 4.39 Å². The fraction of sp³-hybridized carbons (Fsp3) is 0.500. The second kappa shape index (κ2) is 4.71. The van der Waals surface area contributed by atoms with Crippen LogP contribution in [0.5, 0.6) is 0 Å². The molecule has 0 saturated heterocycles. The quantitative estimate of drug-likeness (QED) is 0.632. The van der Waals surface area contributed by atoms with E-state index in [-0.39, 0.29) is 0 Å². The molecule has 1 aromatic heterocycles. The van der Waals surface area contributed by atoms with Gasteiger partial charge >= 0.3 is 5.69 Å². The summed E-state index contributed by atoms with van der Waals surface area (Å²) >= 11 is 0. The van der Waals surface area contributed by atoms with Crippen LogP contribution in [0.15, 0.2) is 15.8 Å². The van der Waals surface area contributed by atoms with E-state index in [0.717, 1.165) is 17.3 Å². The molecule has 6 heteroatoms. The van der Waals surface area contributed by atoms with E-state index in [9.17, 15) is 14.0 Å². The molecular formula is C8H12FN3O2. The second-order valence-electron chi connectivity index (χ2n) is 2.89. The first-order valence-corrected chi connectivity index (χ1v) is 4.29. The molecule has 0 saturated carbocycles. The summed E-state index contributed by atoms with van der Waals surface area (Å²) in [5, 5.41) is 2.90. The average Bonchev–Trinajstić information content (AvgIpc) is 2.14. The summed E-state index contributed by atoms with van der Waals surface area (Å²) in [7, 11) is 1.79. The predicted octanol–water partition coefficient (Wildman–Crippen LogP) is -0.715. The van der Waals surface area contributed by atoms with E-state index in [1.165, 1.54) is 0 Å². The first-order chi connectivity index (χ1) is 6.65. The molecule has 0 aliphatic carbocycles. The summed E-state index contributed by atoms with van der Waals surface area (Å²) in [4.78, 5) is 23.7. The summed E-state index contributed by atoms with van der Waals surface area (Å²) in [6, 6.07) is 0. The number of H-pyrrole nitrogens is 1. The molecule has 0 unspecified atom stereocenters. The van der Waals surface area contributed by atoms with Gasteiger partial charge in [-0.1, -0.05) is 0 Å². The molecule has 0 aliphatic heterocycles. The molecule has 2 N–H and O–H groups in total. The molecule has 0 aromatic carbocycles. The van der Waals surface area contributed by atoms with Crippen LogP contribution in [-0.4, -0.2) is 23.1 Å². The Balaban J connectivity index is 2.82. The van der Waals surface area contributed by atoms with E-state index in [2.05, 4.69) is 5.32 Å². The third-order valence-electron chi connectivity index (χ3n) is 1.79. The van der Waals surface area contributed by atoms with Crippen LogP contribution in [0.25, 0.3) is 0 Å². The minimum Gasteiger partial charge on any atom is -0.320 e. The third kappa shape index (κ3) is 2.53. The van der Waals surface area contributed by atoms with Gasteiger partial charge in [-0.15, -0.1) is 0 Å². The van der Waals surface area contributed by atoms with Crippen molar-refractivity contribution in [2.24, 2.45) is 0 Å². The zero-order valence-electron chi connectivity index (χ0n) is 7.84. The van der Waals surface area contributed by atoms with E-state index >= 15 is 0 Å². The number of aromatic amines is 1. The van der Waals surface area contributed by atoms with Gasteiger partial charge in [0.15, 0.2) is 0 Å². The van der Waals surface area contributed by atoms with Crippen LogP contribution in [0.4, 0.5) is 4.39 Å². The lowest BCUT2D eigenvalue weighted by molar-refractivity contribution is 0.532. The molecule has 0 atom stereocenters. The molecule has 1 heterocycles. The highest BCUT2D eigenvalue weighted by molar-refractivity contribution is 4.86. The standard InChI is InChI=1S/C8H12FN3O2/c1-10-3-2-4-12-5-6(9)7(13)11-8(12)14/h5,10H,2-4H2,1H3,(H,11,13,14). The number of hydrogen-bond donors (Lipinski definition) is 2. The molecule has 1 aromatic rings. The van der Waals surface area contributed by atoms with Gasteiger partial charge in [-0.05, 0) is 20.0 Å². The normalized spacial score (nSPS) is 10.4. The Morgan fingerprint density at radius 2 is 2.29 bits per heavy atom. The van der Waals surface area contributed by atoms with Crippen molar-refractivity contribution in [1.82, 2.24) is 14.9 Å². The van der Waals surface area contributed by atoms with Crippen LogP contribution >= 0.6 is 0 Å². The summed E-state index contributed by atoms with van der Waals surface area (Å²) < 4.78 is 13.9. The van der Waals surface area contributed by atoms with Crippen LogP contribution in [0.2, 0.25) is 0 Å². The molecule has 0 spiro atoms. The van der Waals surface area contributed by atoms with Crippen molar-refractivity contribution in [3.63, 3.8) is 0 Å². The Kier molecular flexibility index (Phi) is 3.58. The maximum Gasteiger partial charge on any atom is 0.328 e. The molecule has 0 aliphatic rings. The Bertz CT molecular complexity index is 410. The van der Waals surface area contributed by atoms with Gasteiger partial charge in [0.1, 0.15) is 0 Å². The Morgan fingerprint density at radius 3 is 2.93 bits per heavy atom. The number of nitrogens with zero attached hydrogens (tertiary/aromatic N) is 1. The zero-order valence-corrected chi connectivity index (χ0v) is 7.84. The summed E-state index contributed by atoms with van der Waals surface area (Å²) in [5.41, 5.74) is -1.55. The number of halogens is 1. The number of nitrogens with one attached hydrogen (secondary N) is 2. The van der Waals surface area contributed by atoms with Crippen LogP contribution in [0, 0.1) is 5.82 Å². The van der Waals surface area contributed by atoms with E-state index in [1.807, 2.05) is 4.98 Å². The Labute approximate surface area is 79.6 Å². The highest BCUT2D eigenvalue weighted by Crippen LogP contribution is 1.86. The van der Waals surface area contributed by atoms with Crippen molar-refractivity contribution in [2.45, 2.75) is 13.0 Å². The average molecular weight is 201 g/mol. The minimum absolute atomic E-state index is 0.382. The molecular weight excluding hydrogens is 189 g/mol. The van der Waals surface area contributed by atoms with Crippen molar-refractivity contribution in [3.05, 3.63) is 32.9 Å². The fourth-order valence-corrected chi connectivity index (χ4v) is 1.07. The van der Waals surface area contributed by atoms with E-state index in [0.29, 0.717) is 13.0 Å². The molecule has 0 radical (unpaired) electrons. The van der Waals surface area contributed by atoms with Crippen molar-refractivity contribution in [3.8, 4) is 0 Å². The van der Waals surface area contributed by atoms with E-state index in [1.54, 1.807) is 7.05 Å². The molecule has 14 heavy (non-hydrogen) atoms. The molecule has 5 nitrogen and oxygen atoms in total. The monoisotopic (exact) mass is 201 g/mol. The number of aryl methyl sites for hydroxylation is 1. The van der Waals surface area contributed by atoms with Gasteiger partial charge in [-0.3, -0.25) is 14.3 Å². The second-order valence-corrected chi connectivity index (χ2v) is 2.89. The molecule has 0 amide bonds. The predicted molar refractivity (Wildman–Crippen MR) is 49.8 cm³/mol. The fourth-order valence-electron chi connectivity index (χ4n) is 1.07. The summed E-state index contributed by atoms with van der Waals surface area (Å²) in [6.07, 6.45) is 1.62. The smallest absolute Gasteiger partial charge is 0.320 e. The summed E-state index contributed by atoms with van der Waals surface area (Å²) in [6.45, 7) is 1.11. The minimum atomic E-state index is -0.972. The van der Waals surface area contributed by atoms with Crippen LogP contribution < -0.4 is 16.6 Å². The number of aromatic nitrogens is 2. The maximum atomic E-state index is 12.7. The highest BCUT2D eigenvalue weighted by atomic mass is 19.1. The van der Waals surface area contributed by atoms with E-state index in [4.69, 9.17) is 0 Å². The van der Waals surface area contributed by atoms with Gasteiger partial charge in [0, 0.05) is 6.54 Å². The molecule has 0 bridgehead atoms. The van der Waals surface area contributed by atoms with Gasteiger partial charge in [0.05, 0.1) is 6.20 Å². The molecule has 1 rings (SSSR count). The van der Waals surface area contributed by atoms with Gasteiger partial charge < -0.3 is 5.32 Å². The summed E-state index contributed by atoms with van der Waals surface area (Å²) in [5.74, 6) is -0.936. The lowest BCUT2D eigenvalue weighted by Crippen LogP contribution is -2.31. The topological polar surface area (TPSA) is 66.9 Å². The van der Waals surface area contributed by atoms with Crippen LogP contribution in [-0.2, 0) is 6.54 Å². The number of hydrogen-bond acceptors (Lipinski definition) is 3. The van der Waals surface area contributed by atoms with Gasteiger partial charge in [0.2, 0.25) is 5.82 Å². The highest BCUT2D eigenvalue weighted by Gasteiger charge is 2.02. The van der Waals surface area contributed by atoms with Crippen molar-refractivity contribution in [2.75, 3.05) is 13.6 Å². The first-order valence-electron chi connectivity index (χ1n) is 4.29. The van der Waals surface area contributed by atoms with E-state index < -0.39 is 17.1 Å². The maximum absolute atomic E-state index is 12.7. The SMILES string of the molecule is CNCCCn1cc(F)c(=O)[nH]c1=O.